The molecule has 1 rings (SSSR count). The van der Waals surface area contributed by atoms with E-state index in [1.54, 1.807) is 0 Å². The largest absolute Gasteiger partial charge is 0.288 e. The monoisotopic (exact) mass is 143 g/mol. The second kappa shape index (κ2) is 3.91. The molecule has 1 fully saturated rings. The SMILES string of the molecule is CCCN(C)C1NCCN1. The van der Waals surface area contributed by atoms with Gasteiger partial charge in [-0.25, -0.2) is 0 Å². The van der Waals surface area contributed by atoms with Crippen molar-refractivity contribution in [1.29, 1.82) is 0 Å². The van der Waals surface area contributed by atoms with Gasteiger partial charge < -0.3 is 0 Å². The van der Waals surface area contributed by atoms with Gasteiger partial charge in [-0.1, -0.05) is 6.92 Å². The average Bonchev–Trinajstić information content (AvgIpc) is 2.38. The summed E-state index contributed by atoms with van der Waals surface area (Å²) in [5.74, 6) is 0. The van der Waals surface area contributed by atoms with Crippen molar-refractivity contribution in [2.75, 3.05) is 26.7 Å². The topological polar surface area (TPSA) is 27.3 Å². The summed E-state index contributed by atoms with van der Waals surface area (Å²) in [5.41, 5.74) is 0. The van der Waals surface area contributed by atoms with Crippen LogP contribution < -0.4 is 10.6 Å². The Bertz CT molecular complexity index is 88.9. The lowest BCUT2D eigenvalue weighted by atomic mass is 10.4. The van der Waals surface area contributed by atoms with Crippen LogP contribution in [0.4, 0.5) is 0 Å². The molecular weight excluding hydrogens is 126 g/mol. The highest BCUT2D eigenvalue weighted by atomic mass is 15.4. The van der Waals surface area contributed by atoms with E-state index in [0.717, 1.165) is 19.6 Å². The first-order valence-electron chi connectivity index (χ1n) is 4.01. The first-order chi connectivity index (χ1) is 4.84. The molecule has 0 radical (unpaired) electrons. The van der Waals surface area contributed by atoms with Crippen molar-refractivity contribution in [2.24, 2.45) is 0 Å². The van der Waals surface area contributed by atoms with Crippen LogP contribution in [0, 0.1) is 0 Å². The second-order valence-electron chi connectivity index (χ2n) is 2.79. The Balaban J connectivity index is 2.18. The zero-order valence-electron chi connectivity index (χ0n) is 6.85. The quantitative estimate of drug-likeness (QED) is 0.573. The average molecular weight is 143 g/mol. The lowest BCUT2D eigenvalue weighted by molar-refractivity contribution is 0.205. The van der Waals surface area contributed by atoms with Crippen LogP contribution in [-0.4, -0.2) is 37.9 Å². The normalized spacial score (nSPS) is 20.7. The fourth-order valence-corrected chi connectivity index (χ4v) is 1.28. The standard InChI is InChI=1S/C7H17N3/c1-3-6-10(2)7-8-4-5-9-7/h7-9H,3-6H2,1-2H3. The molecule has 3 heteroatoms. The zero-order valence-corrected chi connectivity index (χ0v) is 6.85. The summed E-state index contributed by atoms with van der Waals surface area (Å²) in [6.45, 7) is 5.55. The first-order valence-corrected chi connectivity index (χ1v) is 4.01. The first kappa shape index (κ1) is 7.98. The van der Waals surface area contributed by atoms with Gasteiger partial charge in [0, 0.05) is 19.6 Å². The zero-order chi connectivity index (χ0) is 7.40. The maximum atomic E-state index is 3.36. The van der Waals surface area contributed by atoms with Crippen LogP contribution in [0.1, 0.15) is 13.3 Å². The molecule has 0 aromatic rings. The van der Waals surface area contributed by atoms with Gasteiger partial charge in [-0.15, -0.1) is 0 Å². The van der Waals surface area contributed by atoms with Gasteiger partial charge in [-0.05, 0) is 13.5 Å². The van der Waals surface area contributed by atoms with Gasteiger partial charge in [-0.3, -0.25) is 15.5 Å². The minimum atomic E-state index is 0.417. The molecule has 2 N–H and O–H groups in total. The van der Waals surface area contributed by atoms with Gasteiger partial charge in [0.2, 0.25) is 0 Å². The number of rotatable bonds is 3. The molecule has 0 saturated carbocycles. The molecule has 10 heavy (non-hydrogen) atoms. The maximum absolute atomic E-state index is 3.36. The lowest BCUT2D eigenvalue weighted by Crippen LogP contribution is -2.46. The molecule has 60 valence electrons. The van der Waals surface area contributed by atoms with E-state index >= 15 is 0 Å². The Morgan fingerprint density at radius 1 is 1.40 bits per heavy atom. The Kier molecular flexibility index (Phi) is 3.12. The molecular formula is C7H17N3. The summed E-state index contributed by atoms with van der Waals surface area (Å²) in [4.78, 5) is 2.30. The Morgan fingerprint density at radius 3 is 2.50 bits per heavy atom. The van der Waals surface area contributed by atoms with Gasteiger partial charge in [0.05, 0.1) is 0 Å². The predicted molar refractivity (Wildman–Crippen MR) is 42.7 cm³/mol. The van der Waals surface area contributed by atoms with Crippen molar-refractivity contribution in [3.05, 3.63) is 0 Å². The van der Waals surface area contributed by atoms with Crippen LogP contribution in [0.15, 0.2) is 0 Å². The van der Waals surface area contributed by atoms with Crippen LogP contribution in [0.2, 0.25) is 0 Å². The highest BCUT2D eigenvalue weighted by Gasteiger charge is 2.15. The highest BCUT2D eigenvalue weighted by molar-refractivity contribution is 4.71. The van der Waals surface area contributed by atoms with E-state index in [0.29, 0.717) is 6.29 Å². The Morgan fingerprint density at radius 2 is 2.00 bits per heavy atom. The van der Waals surface area contributed by atoms with Crippen LogP contribution >= 0.6 is 0 Å². The summed E-state index contributed by atoms with van der Waals surface area (Å²) in [6, 6.07) is 0. The van der Waals surface area contributed by atoms with Crippen LogP contribution in [0.25, 0.3) is 0 Å². The summed E-state index contributed by atoms with van der Waals surface area (Å²) in [6.07, 6.45) is 1.64. The van der Waals surface area contributed by atoms with Crippen LogP contribution in [-0.2, 0) is 0 Å². The summed E-state index contributed by atoms with van der Waals surface area (Å²) >= 11 is 0. The molecule has 0 aliphatic carbocycles. The fraction of sp³-hybridized carbons (Fsp3) is 1.00. The number of hydrogen-bond donors (Lipinski definition) is 2. The molecule has 1 heterocycles. The highest BCUT2D eigenvalue weighted by Crippen LogP contribution is 1.93. The fourth-order valence-electron chi connectivity index (χ4n) is 1.28. The summed E-state index contributed by atoms with van der Waals surface area (Å²) < 4.78 is 0. The third kappa shape index (κ3) is 1.94. The van der Waals surface area contributed by atoms with E-state index in [4.69, 9.17) is 0 Å². The van der Waals surface area contributed by atoms with E-state index in [1.165, 1.54) is 6.42 Å². The van der Waals surface area contributed by atoms with Crippen LogP contribution in [0.3, 0.4) is 0 Å². The Labute approximate surface area is 62.8 Å². The third-order valence-corrected chi connectivity index (χ3v) is 1.82. The van der Waals surface area contributed by atoms with Crippen molar-refractivity contribution in [3.8, 4) is 0 Å². The molecule has 0 spiro atoms. The minimum absolute atomic E-state index is 0.417. The van der Waals surface area contributed by atoms with Crippen molar-refractivity contribution >= 4 is 0 Å². The molecule has 0 bridgehead atoms. The van der Waals surface area contributed by atoms with Gasteiger partial charge in [-0.2, -0.15) is 0 Å². The van der Waals surface area contributed by atoms with Crippen molar-refractivity contribution in [1.82, 2.24) is 15.5 Å². The molecule has 0 aromatic heterocycles. The van der Waals surface area contributed by atoms with Crippen LogP contribution in [0.5, 0.6) is 0 Å². The second-order valence-corrected chi connectivity index (χ2v) is 2.79. The molecule has 1 aliphatic rings. The number of nitrogens with one attached hydrogen (secondary N) is 2. The minimum Gasteiger partial charge on any atom is -0.288 e. The summed E-state index contributed by atoms with van der Waals surface area (Å²) in [7, 11) is 2.14. The molecule has 3 nitrogen and oxygen atoms in total. The predicted octanol–water partition coefficient (Wildman–Crippen LogP) is -0.195. The Hall–Kier alpha value is -0.120. The molecule has 0 atom stereocenters. The van der Waals surface area contributed by atoms with E-state index in [2.05, 4.69) is 29.5 Å². The van der Waals surface area contributed by atoms with Gasteiger partial charge in [0.25, 0.3) is 0 Å². The number of nitrogens with zero attached hydrogens (tertiary/aromatic N) is 1. The number of hydrogen-bond acceptors (Lipinski definition) is 3. The van der Waals surface area contributed by atoms with Gasteiger partial charge in [0.15, 0.2) is 0 Å². The van der Waals surface area contributed by atoms with Gasteiger partial charge >= 0.3 is 0 Å². The smallest absolute Gasteiger partial charge is 0.114 e. The van der Waals surface area contributed by atoms with Crippen molar-refractivity contribution in [2.45, 2.75) is 19.6 Å². The maximum Gasteiger partial charge on any atom is 0.114 e. The lowest BCUT2D eigenvalue weighted by Gasteiger charge is -2.23. The third-order valence-electron chi connectivity index (χ3n) is 1.82. The summed E-state index contributed by atoms with van der Waals surface area (Å²) in [5, 5.41) is 6.71. The van der Waals surface area contributed by atoms with E-state index in [9.17, 15) is 0 Å². The van der Waals surface area contributed by atoms with E-state index < -0.39 is 0 Å². The molecule has 1 saturated heterocycles. The molecule has 0 aromatic carbocycles. The molecule has 0 amide bonds. The van der Waals surface area contributed by atoms with E-state index in [1.807, 2.05) is 0 Å². The molecule has 0 unspecified atom stereocenters. The van der Waals surface area contributed by atoms with Crippen molar-refractivity contribution in [3.63, 3.8) is 0 Å². The van der Waals surface area contributed by atoms with Crippen molar-refractivity contribution < 1.29 is 0 Å². The van der Waals surface area contributed by atoms with Gasteiger partial charge in [0.1, 0.15) is 6.29 Å². The van der Waals surface area contributed by atoms with E-state index in [-0.39, 0.29) is 0 Å². The molecule has 1 aliphatic heterocycles.